The van der Waals surface area contributed by atoms with Gasteiger partial charge in [0, 0.05) is 5.56 Å². The highest BCUT2D eigenvalue weighted by Crippen LogP contribution is 2.23. The van der Waals surface area contributed by atoms with Crippen LogP contribution in [0.4, 0.5) is 0 Å². The first-order valence-electron chi connectivity index (χ1n) is 9.98. The van der Waals surface area contributed by atoms with Crippen LogP contribution < -0.4 is 10.6 Å². The van der Waals surface area contributed by atoms with E-state index in [1.807, 2.05) is 50.2 Å². The zero-order valence-electron chi connectivity index (χ0n) is 17.8. The van der Waals surface area contributed by atoms with Crippen molar-refractivity contribution in [1.82, 2.24) is 10.6 Å². The first-order valence-corrected chi connectivity index (χ1v) is 9.98. The van der Waals surface area contributed by atoms with Gasteiger partial charge in [0.05, 0.1) is 6.10 Å². The van der Waals surface area contributed by atoms with Crippen LogP contribution in [0.1, 0.15) is 44.5 Å². The van der Waals surface area contributed by atoms with Gasteiger partial charge in [-0.2, -0.15) is 13.5 Å². The van der Waals surface area contributed by atoms with Gasteiger partial charge in [0.1, 0.15) is 18.2 Å². The van der Waals surface area contributed by atoms with Gasteiger partial charge in [-0.15, -0.1) is 0 Å². The van der Waals surface area contributed by atoms with Gasteiger partial charge in [0.2, 0.25) is 5.91 Å². The van der Waals surface area contributed by atoms with Gasteiger partial charge in [-0.1, -0.05) is 50.2 Å². The number of hydrogen-bond donors (Lipinski definition) is 2. The highest BCUT2D eigenvalue weighted by molar-refractivity contribution is 7.59. The third-order valence-electron chi connectivity index (χ3n) is 5.60. The molecule has 162 valence electrons. The summed E-state index contributed by atoms with van der Waals surface area (Å²) >= 11 is 0. The molecule has 1 aliphatic rings. The fourth-order valence-electron chi connectivity index (χ4n) is 3.62. The Labute approximate surface area is 184 Å². The number of ether oxygens (including phenoxy) is 1. The molecule has 1 fully saturated rings. The Hall–Kier alpha value is -2.38. The lowest BCUT2D eigenvalue weighted by atomic mass is 9.92. The van der Waals surface area contributed by atoms with Crippen LogP contribution in [0.15, 0.2) is 42.5 Å². The number of Topliss-reactive ketones (excluding diaryl/α,β-unsaturated/α-hetero) is 1. The summed E-state index contributed by atoms with van der Waals surface area (Å²) in [6, 6.07) is 12.4. The van der Waals surface area contributed by atoms with Gasteiger partial charge in [-0.3, -0.25) is 14.4 Å². The zero-order valence-corrected chi connectivity index (χ0v) is 18.8. The molecule has 2 aromatic rings. The normalized spacial score (nSPS) is 21.9. The molecule has 0 spiro atoms. The van der Waals surface area contributed by atoms with Crippen LogP contribution >= 0.6 is 13.5 Å². The van der Waals surface area contributed by atoms with Crippen molar-refractivity contribution in [3.05, 3.63) is 48.0 Å². The second-order valence-electron chi connectivity index (χ2n) is 8.25. The van der Waals surface area contributed by atoms with Gasteiger partial charge >= 0.3 is 0 Å². The summed E-state index contributed by atoms with van der Waals surface area (Å²) in [6.45, 7) is 7.38. The third kappa shape index (κ3) is 4.84. The number of hydrogen-bond acceptors (Lipinski definition) is 4. The summed E-state index contributed by atoms with van der Waals surface area (Å²) in [6.07, 6.45) is 0.0365. The van der Waals surface area contributed by atoms with Crippen LogP contribution in [0.3, 0.4) is 0 Å². The molecule has 0 unspecified atom stereocenters. The number of carbonyl (C=O) groups is 3. The smallest absolute Gasteiger partial charge is 0.252 e. The monoisotopic (exact) mass is 430 g/mol. The minimum atomic E-state index is -1.09. The molecule has 0 bridgehead atoms. The fourth-order valence-corrected chi connectivity index (χ4v) is 3.62. The van der Waals surface area contributed by atoms with Crippen molar-refractivity contribution in [3.8, 4) is 0 Å². The highest BCUT2D eigenvalue weighted by atomic mass is 32.1. The minimum absolute atomic E-state index is 0. The van der Waals surface area contributed by atoms with E-state index in [-0.39, 0.29) is 43.6 Å². The van der Waals surface area contributed by atoms with E-state index in [0.717, 1.165) is 10.8 Å². The molecule has 1 saturated heterocycles. The Bertz CT molecular complexity index is 940. The van der Waals surface area contributed by atoms with E-state index in [9.17, 15) is 14.4 Å². The second kappa shape index (κ2) is 9.62. The third-order valence-corrected chi connectivity index (χ3v) is 5.60. The fraction of sp³-hybridized carbons (Fsp3) is 0.435. The molecule has 1 heterocycles. The van der Waals surface area contributed by atoms with Crippen LogP contribution in [-0.2, 0) is 14.3 Å². The van der Waals surface area contributed by atoms with Crippen LogP contribution in [0.25, 0.3) is 10.8 Å². The number of carbonyl (C=O) groups excluding carboxylic acids is 3. The number of rotatable bonds is 6. The Balaban J connectivity index is 0.00000320. The van der Waals surface area contributed by atoms with Crippen molar-refractivity contribution in [3.63, 3.8) is 0 Å². The highest BCUT2D eigenvalue weighted by Gasteiger charge is 2.47. The Morgan fingerprint density at radius 3 is 2.47 bits per heavy atom. The van der Waals surface area contributed by atoms with Crippen molar-refractivity contribution in [1.29, 1.82) is 0 Å². The quantitative estimate of drug-likeness (QED) is 0.738. The molecule has 3 atom stereocenters. The molecule has 0 aliphatic carbocycles. The average molecular weight is 431 g/mol. The van der Waals surface area contributed by atoms with Gasteiger partial charge < -0.3 is 15.4 Å². The molecular weight excluding hydrogens is 400 g/mol. The largest absolute Gasteiger partial charge is 0.368 e. The first-order chi connectivity index (χ1) is 13.7. The van der Waals surface area contributed by atoms with E-state index in [1.54, 1.807) is 19.9 Å². The maximum absolute atomic E-state index is 13.0. The Morgan fingerprint density at radius 2 is 1.83 bits per heavy atom. The zero-order chi connectivity index (χ0) is 21.2. The maximum atomic E-state index is 13.0. The lowest BCUT2D eigenvalue weighted by molar-refractivity contribution is -0.130. The van der Waals surface area contributed by atoms with Gasteiger partial charge in [0.15, 0.2) is 5.78 Å². The van der Waals surface area contributed by atoms with Gasteiger partial charge in [-0.25, -0.2) is 0 Å². The first kappa shape index (κ1) is 23.9. The number of amides is 2. The Kier molecular flexibility index (Phi) is 7.66. The number of nitrogens with one attached hydrogen (secondary N) is 2. The molecule has 6 nitrogen and oxygen atoms in total. The number of fused-ring (bicyclic) bond motifs is 1. The van der Waals surface area contributed by atoms with Crippen molar-refractivity contribution >= 4 is 41.9 Å². The predicted octanol–water partition coefficient (Wildman–Crippen LogP) is 2.96. The van der Waals surface area contributed by atoms with Crippen molar-refractivity contribution in [2.45, 2.75) is 51.8 Å². The molecule has 2 N–H and O–H groups in total. The summed E-state index contributed by atoms with van der Waals surface area (Å²) in [4.78, 5) is 38.3. The molecule has 7 heteroatoms. The molecule has 2 amide bonds. The maximum Gasteiger partial charge on any atom is 0.252 e. The summed E-state index contributed by atoms with van der Waals surface area (Å²) in [5.74, 6) is -0.670. The summed E-state index contributed by atoms with van der Waals surface area (Å²) in [7, 11) is 0. The van der Waals surface area contributed by atoms with E-state index in [4.69, 9.17) is 4.74 Å². The van der Waals surface area contributed by atoms with Crippen LogP contribution in [-0.4, -0.2) is 41.9 Å². The average Bonchev–Trinajstić information content (AvgIpc) is 2.93. The summed E-state index contributed by atoms with van der Waals surface area (Å²) in [5, 5.41) is 7.49. The molecule has 3 rings (SSSR count). The lowest BCUT2D eigenvalue weighted by Gasteiger charge is -2.30. The Morgan fingerprint density at radius 1 is 1.17 bits per heavy atom. The molecular formula is C23H30N2O4S. The standard InChI is InChI=1S/C23H28N2O4.H2S/c1-14(2)12-19(22(28)25-23(4)15(3)29-13-20(23)26)24-21(27)18-11-7-9-16-8-5-6-10-17(16)18;/h5-11,14-15,19H,12-13H2,1-4H3,(H,24,27)(H,25,28);1H2/t15-,19+,23-;/m1./s1. The van der Waals surface area contributed by atoms with Gasteiger partial charge in [-0.05, 0) is 43.0 Å². The van der Waals surface area contributed by atoms with Crippen LogP contribution in [0.5, 0.6) is 0 Å². The van der Waals surface area contributed by atoms with E-state index in [2.05, 4.69) is 10.6 Å². The second-order valence-corrected chi connectivity index (χ2v) is 8.25. The predicted molar refractivity (Wildman–Crippen MR) is 122 cm³/mol. The molecule has 2 aromatic carbocycles. The number of benzene rings is 2. The van der Waals surface area contributed by atoms with E-state index in [1.165, 1.54) is 0 Å². The molecule has 0 aromatic heterocycles. The summed E-state index contributed by atoms with van der Waals surface area (Å²) < 4.78 is 5.39. The van der Waals surface area contributed by atoms with Crippen LogP contribution in [0.2, 0.25) is 0 Å². The number of ketones is 1. The topological polar surface area (TPSA) is 84.5 Å². The van der Waals surface area contributed by atoms with Crippen LogP contribution in [0, 0.1) is 5.92 Å². The molecule has 1 aliphatic heterocycles. The molecule has 0 saturated carbocycles. The SMILES string of the molecule is CC(C)C[C@H](NC(=O)c1cccc2ccccc12)C(=O)N[C@@]1(C)C(=O)CO[C@@H]1C.S. The summed E-state index contributed by atoms with van der Waals surface area (Å²) in [5.41, 5.74) is -0.569. The molecule has 0 radical (unpaired) electrons. The van der Waals surface area contributed by atoms with Crippen molar-refractivity contribution in [2.75, 3.05) is 6.61 Å². The van der Waals surface area contributed by atoms with Crippen molar-refractivity contribution < 1.29 is 19.1 Å². The van der Waals surface area contributed by atoms with Crippen molar-refractivity contribution in [2.24, 2.45) is 5.92 Å². The molecule has 30 heavy (non-hydrogen) atoms. The lowest BCUT2D eigenvalue weighted by Crippen LogP contribution is -2.60. The van der Waals surface area contributed by atoms with E-state index < -0.39 is 17.7 Å². The van der Waals surface area contributed by atoms with Gasteiger partial charge in [0.25, 0.3) is 5.91 Å². The van der Waals surface area contributed by atoms with E-state index in [0.29, 0.717) is 12.0 Å². The van der Waals surface area contributed by atoms with E-state index >= 15 is 0 Å². The minimum Gasteiger partial charge on any atom is -0.368 e.